The quantitative estimate of drug-likeness (QED) is 0.880. The molecular formula is C13H15ClN4O. The van der Waals surface area contributed by atoms with Gasteiger partial charge in [-0.25, -0.2) is 0 Å². The summed E-state index contributed by atoms with van der Waals surface area (Å²) in [6.45, 7) is 2.71. The van der Waals surface area contributed by atoms with Crippen LogP contribution >= 0.6 is 11.6 Å². The molecule has 0 aliphatic rings. The summed E-state index contributed by atoms with van der Waals surface area (Å²) < 4.78 is 1.74. The van der Waals surface area contributed by atoms with Crippen molar-refractivity contribution in [1.82, 2.24) is 9.78 Å². The highest BCUT2D eigenvalue weighted by atomic mass is 35.5. The molecule has 1 aromatic carbocycles. The van der Waals surface area contributed by atoms with Gasteiger partial charge >= 0.3 is 0 Å². The number of aromatic nitrogens is 2. The van der Waals surface area contributed by atoms with Crippen molar-refractivity contribution in [3.63, 3.8) is 0 Å². The summed E-state index contributed by atoms with van der Waals surface area (Å²) in [5.74, 6) is -0.462. The maximum absolute atomic E-state index is 11.6. The fraction of sp³-hybridized carbons (Fsp3) is 0.231. The molecule has 100 valence electrons. The van der Waals surface area contributed by atoms with Crippen molar-refractivity contribution < 1.29 is 4.79 Å². The highest BCUT2D eigenvalue weighted by Crippen LogP contribution is 2.21. The number of carbonyl (C=O) groups is 1. The first-order chi connectivity index (χ1) is 9.10. The molecule has 6 heteroatoms. The summed E-state index contributed by atoms with van der Waals surface area (Å²) in [4.78, 5) is 11.6. The molecule has 1 aromatic heterocycles. The minimum atomic E-state index is -0.626. The third-order valence-corrected chi connectivity index (χ3v) is 2.97. The molecule has 0 bridgehead atoms. The number of primary amides is 1. The molecule has 0 saturated heterocycles. The van der Waals surface area contributed by atoms with E-state index in [9.17, 15) is 4.79 Å². The lowest BCUT2D eigenvalue weighted by molar-refractivity contribution is -0.118. The van der Waals surface area contributed by atoms with E-state index in [-0.39, 0.29) is 0 Å². The Morgan fingerprint density at radius 1 is 1.58 bits per heavy atom. The molecule has 2 rings (SSSR count). The molecule has 19 heavy (non-hydrogen) atoms. The van der Waals surface area contributed by atoms with Crippen molar-refractivity contribution >= 4 is 23.2 Å². The molecule has 0 fully saturated rings. The average Bonchev–Trinajstić information content (AvgIpc) is 2.84. The van der Waals surface area contributed by atoms with Gasteiger partial charge in [0.2, 0.25) is 5.91 Å². The highest BCUT2D eigenvalue weighted by Gasteiger charge is 2.19. The molecule has 0 saturated carbocycles. The van der Waals surface area contributed by atoms with E-state index in [0.717, 1.165) is 17.8 Å². The van der Waals surface area contributed by atoms with Gasteiger partial charge in [0.05, 0.1) is 6.20 Å². The van der Waals surface area contributed by atoms with Crippen LogP contribution in [0.25, 0.3) is 0 Å². The fourth-order valence-electron chi connectivity index (χ4n) is 1.77. The first-order valence-electron chi connectivity index (χ1n) is 5.94. The van der Waals surface area contributed by atoms with Crippen molar-refractivity contribution in [2.24, 2.45) is 5.73 Å². The van der Waals surface area contributed by atoms with Crippen LogP contribution in [0.3, 0.4) is 0 Å². The zero-order valence-electron chi connectivity index (χ0n) is 10.5. The average molecular weight is 279 g/mol. The molecule has 1 heterocycles. The predicted molar refractivity (Wildman–Crippen MR) is 74.9 cm³/mol. The van der Waals surface area contributed by atoms with Gasteiger partial charge in [0.15, 0.2) is 0 Å². The second kappa shape index (κ2) is 5.75. The van der Waals surface area contributed by atoms with E-state index in [2.05, 4.69) is 10.4 Å². The largest absolute Gasteiger partial charge is 0.370 e. The molecule has 0 aliphatic heterocycles. The second-order valence-corrected chi connectivity index (χ2v) is 4.56. The summed E-state index contributed by atoms with van der Waals surface area (Å²) in [6, 6.07) is 6.51. The van der Waals surface area contributed by atoms with Gasteiger partial charge in [0.1, 0.15) is 6.04 Å². The van der Waals surface area contributed by atoms with Gasteiger partial charge in [-0.3, -0.25) is 9.48 Å². The lowest BCUT2D eigenvalue weighted by atomic mass is 10.1. The Morgan fingerprint density at radius 3 is 2.95 bits per heavy atom. The van der Waals surface area contributed by atoms with Gasteiger partial charge in [0, 0.05) is 29.0 Å². The van der Waals surface area contributed by atoms with E-state index < -0.39 is 11.9 Å². The minimum Gasteiger partial charge on any atom is -0.370 e. The number of hydrogen-bond acceptors (Lipinski definition) is 3. The number of benzene rings is 1. The van der Waals surface area contributed by atoms with Gasteiger partial charge in [-0.1, -0.05) is 17.7 Å². The van der Waals surface area contributed by atoms with E-state index >= 15 is 0 Å². The van der Waals surface area contributed by atoms with Crippen LogP contribution in [0.1, 0.15) is 18.5 Å². The van der Waals surface area contributed by atoms with Gasteiger partial charge in [-0.15, -0.1) is 0 Å². The van der Waals surface area contributed by atoms with Crippen LogP contribution < -0.4 is 11.1 Å². The van der Waals surface area contributed by atoms with Crippen LogP contribution in [0.2, 0.25) is 5.02 Å². The number of halogens is 1. The SMILES string of the molecule is CCn1cc(C(Nc2cccc(Cl)c2)C(N)=O)cn1. The molecule has 0 radical (unpaired) electrons. The van der Waals surface area contributed by atoms with E-state index in [4.69, 9.17) is 17.3 Å². The molecule has 2 aromatic rings. The summed E-state index contributed by atoms with van der Waals surface area (Å²) in [5.41, 5.74) is 6.90. The summed E-state index contributed by atoms with van der Waals surface area (Å²) in [6.07, 6.45) is 3.43. The number of hydrogen-bond donors (Lipinski definition) is 2. The molecular weight excluding hydrogens is 264 g/mol. The first kappa shape index (κ1) is 13.4. The van der Waals surface area contributed by atoms with E-state index in [1.165, 1.54) is 0 Å². The molecule has 1 atom stereocenters. The monoisotopic (exact) mass is 278 g/mol. The van der Waals surface area contributed by atoms with Crippen LogP contribution in [0.4, 0.5) is 5.69 Å². The number of nitrogens with two attached hydrogens (primary N) is 1. The van der Waals surface area contributed by atoms with Crippen LogP contribution in [-0.4, -0.2) is 15.7 Å². The molecule has 0 aliphatic carbocycles. The molecule has 5 nitrogen and oxygen atoms in total. The smallest absolute Gasteiger partial charge is 0.244 e. The number of amides is 1. The zero-order valence-corrected chi connectivity index (χ0v) is 11.3. The number of carbonyl (C=O) groups excluding carboxylic acids is 1. The van der Waals surface area contributed by atoms with E-state index in [1.54, 1.807) is 35.3 Å². The third-order valence-electron chi connectivity index (χ3n) is 2.73. The Bertz CT molecular complexity index is 582. The lowest BCUT2D eigenvalue weighted by Crippen LogP contribution is -2.27. The lowest BCUT2D eigenvalue weighted by Gasteiger charge is -2.15. The summed E-state index contributed by atoms with van der Waals surface area (Å²) in [5, 5.41) is 7.80. The Balaban J connectivity index is 2.23. The van der Waals surface area contributed by atoms with Crippen molar-refractivity contribution in [2.45, 2.75) is 19.5 Å². The Hall–Kier alpha value is -2.01. The Labute approximate surface area is 116 Å². The standard InChI is InChI=1S/C13H15ClN4O/c1-2-18-8-9(7-16-18)12(13(15)19)17-11-5-3-4-10(14)6-11/h3-8,12,17H,2H2,1H3,(H2,15,19). The van der Waals surface area contributed by atoms with Crippen molar-refractivity contribution in [3.8, 4) is 0 Å². The van der Waals surface area contributed by atoms with Gasteiger partial charge in [-0.2, -0.15) is 5.10 Å². The molecule has 1 unspecified atom stereocenters. The normalized spacial score (nSPS) is 12.1. The fourth-order valence-corrected chi connectivity index (χ4v) is 1.96. The van der Waals surface area contributed by atoms with Gasteiger partial charge < -0.3 is 11.1 Å². The summed E-state index contributed by atoms with van der Waals surface area (Å²) in [7, 11) is 0. The van der Waals surface area contributed by atoms with Crippen LogP contribution in [0.15, 0.2) is 36.7 Å². The van der Waals surface area contributed by atoms with Crippen LogP contribution in [0.5, 0.6) is 0 Å². The second-order valence-electron chi connectivity index (χ2n) is 4.12. The summed E-state index contributed by atoms with van der Waals surface area (Å²) >= 11 is 5.91. The highest BCUT2D eigenvalue weighted by molar-refractivity contribution is 6.30. The van der Waals surface area contributed by atoms with Crippen molar-refractivity contribution in [2.75, 3.05) is 5.32 Å². The number of nitrogens with zero attached hydrogens (tertiary/aromatic N) is 2. The van der Waals surface area contributed by atoms with Crippen molar-refractivity contribution in [3.05, 3.63) is 47.2 Å². The predicted octanol–water partition coefficient (Wildman–Crippen LogP) is 2.19. The van der Waals surface area contributed by atoms with Crippen LogP contribution in [-0.2, 0) is 11.3 Å². The number of anilines is 1. The van der Waals surface area contributed by atoms with Gasteiger partial charge in [-0.05, 0) is 25.1 Å². The number of rotatable bonds is 5. The zero-order chi connectivity index (χ0) is 13.8. The molecule has 1 amide bonds. The molecule has 3 N–H and O–H groups in total. The van der Waals surface area contributed by atoms with Crippen LogP contribution in [0, 0.1) is 0 Å². The third kappa shape index (κ3) is 3.26. The van der Waals surface area contributed by atoms with Crippen molar-refractivity contribution in [1.29, 1.82) is 0 Å². The maximum atomic E-state index is 11.6. The topological polar surface area (TPSA) is 72.9 Å². The number of aryl methyl sites for hydroxylation is 1. The Morgan fingerprint density at radius 2 is 2.37 bits per heavy atom. The minimum absolute atomic E-state index is 0.462. The van der Waals surface area contributed by atoms with E-state index in [0.29, 0.717) is 5.02 Å². The first-order valence-corrected chi connectivity index (χ1v) is 6.31. The van der Waals surface area contributed by atoms with Gasteiger partial charge in [0.25, 0.3) is 0 Å². The Kier molecular flexibility index (Phi) is 4.06. The molecule has 0 spiro atoms. The number of nitrogens with one attached hydrogen (secondary N) is 1. The van der Waals surface area contributed by atoms with E-state index in [1.807, 2.05) is 13.0 Å². The maximum Gasteiger partial charge on any atom is 0.244 e.